The quantitative estimate of drug-likeness (QED) is 0.411. The van der Waals surface area contributed by atoms with Crippen LogP contribution in [0.2, 0.25) is 0 Å². The lowest BCUT2D eigenvalue weighted by molar-refractivity contribution is -0.888. The molecule has 0 bridgehead atoms. The Hall–Kier alpha value is -0.260. The van der Waals surface area contributed by atoms with Gasteiger partial charge in [0, 0.05) is 24.3 Å². The summed E-state index contributed by atoms with van der Waals surface area (Å²) in [5, 5.41) is 0. The van der Waals surface area contributed by atoms with Crippen molar-refractivity contribution in [2.75, 3.05) is 66.4 Å². The van der Waals surface area contributed by atoms with Crippen molar-refractivity contribution in [2.45, 2.75) is 27.2 Å². The molecule has 0 spiro atoms. The Morgan fingerprint density at radius 3 is 1.33 bits per heavy atom. The van der Waals surface area contributed by atoms with Crippen LogP contribution in [0.15, 0.2) is 0 Å². The average Bonchev–Trinajstić information content (AvgIpc) is 2.24. The molecule has 0 saturated heterocycles. The summed E-state index contributed by atoms with van der Waals surface area (Å²) in [5.74, 6) is -0.489. The van der Waals surface area contributed by atoms with Crippen molar-refractivity contribution in [3.8, 4) is 0 Å². The van der Waals surface area contributed by atoms with Crippen LogP contribution >= 0.6 is 0 Å². The summed E-state index contributed by atoms with van der Waals surface area (Å²) in [5.41, 5.74) is 0. The summed E-state index contributed by atoms with van der Waals surface area (Å²) >= 11 is 0. The average molecular weight is 393 g/mol. The van der Waals surface area contributed by atoms with Gasteiger partial charge in [0.05, 0.1) is 75.1 Å². The van der Waals surface area contributed by atoms with Crippen molar-refractivity contribution < 1.29 is 34.9 Å². The van der Waals surface area contributed by atoms with Crippen LogP contribution in [0.3, 0.4) is 0 Å². The summed E-state index contributed by atoms with van der Waals surface area (Å²) in [6, 6.07) is 0. The van der Waals surface area contributed by atoms with Crippen LogP contribution in [0.25, 0.3) is 0 Å². The lowest BCUT2D eigenvalue weighted by atomic mass is 10.4. The minimum absolute atomic E-state index is 0. The van der Waals surface area contributed by atoms with Gasteiger partial charge in [-0.25, -0.2) is 16.8 Å². The summed E-state index contributed by atoms with van der Waals surface area (Å²) in [4.78, 5) is 0. The van der Waals surface area contributed by atoms with Crippen LogP contribution in [0, 0.1) is 0 Å². The lowest BCUT2D eigenvalue weighted by Gasteiger charge is -2.28. The van der Waals surface area contributed by atoms with Gasteiger partial charge < -0.3 is 18.1 Å². The molecule has 0 heterocycles. The van der Waals surface area contributed by atoms with E-state index in [0.29, 0.717) is 23.9 Å². The van der Waals surface area contributed by atoms with E-state index in [1.165, 1.54) is 0 Å². The van der Waals surface area contributed by atoms with Crippen molar-refractivity contribution in [3.05, 3.63) is 0 Å². The minimum Gasteiger partial charge on any atom is -0.748 e. The molecule has 150 valence electrons. The predicted octanol–water partition coefficient (Wildman–Crippen LogP) is 0.282. The number of hydrogen-bond acceptors (Lipinski definition) is 6. The van der Waals surface area contributed by atoms with Gasteiger partial charge in [-0.05, 0) is 6.92 Å². The molecule has 0 radical (unpaired) electrons. The molecule has 0 amide bonds. The second kappa shape index (κ2) is 11.4. The molecule has 0 aliphatic rings. The molecular formula is C14H36N2O6S2. The second-order valence-electron chi connectivity index (χ2n) is 7.22. The van der Waals surface area contributed by atoms with E-state index in [9.17, 15) is 25.9 Å². The Bertz CT molecular complexity index is 522. The molecule has 0 unspecified atom stereocenters. The first-order chi connectivity index (χ1) is 9.97. The predicted molar refractivity (Wildman–Crippen MR) is 95.5 cm³/mol. The van der Waals surface area contributed by atoms with Crippen LogP contribution < -0.4 is 0 Å². The largest absolute Gasteiger partial charge is 0.748 e. The van der Waals surface area contributed by atoms with Crippen LogP contribution in [0.4, 0.5) is 0 Å². The van der Waals surface area contributed by atoms with Crippen molar-refractivity contribution in [3.63, 3.8) is 0 Å². The maximum absolute atomic E-state index is 10.2. The highest BCUT2D eigenvalue weighted by molar-refractivity contribution is 7.85. The van der Waals surface area contributed by atoms with Crippen LogP contribution in [-0.4, -0.2) is 101 Å². The van der Waals surface area contributed by atoms with E-state index in [-0.39, 0.29) is 18.9 Å². The van der Waals surface area contributed by atoms with Gasteiger partial charge in [-0.15, -0.1) is 0 Å². The first-order valence-electron chi connectivity index (χ1n) is 7.47. The van der Waals surface area contributed by atoms with E-state index in [1.54, 1.807) is 0 Å². The van der Waals surface area contributed by atoms with Gasteiger partial charge in [0.25, 0.3) is 0 Å². The monoisotopic (exact) mass is 392 g/mol. The van der Waals surface area contributed by atoms with E-state index in [1.807, 2.05) is 42.2 Å². The minimum atomic E-state index is -4.01. The van der Waals surface area contributed by atoms with Crippen molar-refractivity contribution >= 4 is 20.2 Å². The fourth-order valence-corrected chi connectivity index (χ4v) is 2.51. The Morgan fingerprint density at radius 2 is 1.08 bits per heavy atom. The number of hydrogen-bond donors (Lipinski definition) is 0. The number of nitrogens with zero attached hydrogens (tertiary/aromatic N) is 2. The number of rotatable bonds is 9. The SMILES string of the molecule is C.CC[N+](C)(C)CCCS(=O)(=O)[O-].C[N+](C)(C)CCCS(=O)(=O)[O-]. The molecule has 24 heavy (non-hydrogen) atoms. The highest BCUT2D eigenvalue weighted by atomic mass is 32.2. The molecule has 10 heteroatoms. The van der Waals surface area contributed by atoms with Gasteiger partial charge in [0.15, 0.2) is 0 Å². The molecule has 0 saturated carbocycles. The second-order valence-corrected chi connectivity index (χ2v) is 10.3. The summed E-state index contributed by atoms with van der Waals surface area (Å²) in [7, 11) is 1.87. The zero-order chi connectivity index (χ0) is 18.9. The Kier molecular flexibility index (Phi) is 13.5. The van der Waals surface area contributed by atoms with Crippen LogP contribution in [-0.2, 0) is 20.2 Å². The molecule has 0 aliphatic heterocycles. The molecule has 0 fully saturated rings. The van der Waals surface area contributed by atoms with E-state index in [4.69, 9.17) is 0 Å². The maximum atomic E-state index is 10.2. The van der Waals surface area contributed by atoms with Gasteiger partial charge in [-0.2, -0.15) is 0 Å². The van der Waals surface area contributed by atoms with E-state index in [0.717, 1.165) is 17.6 Å². The van der Waals surface area contributed by atoms with Crippen LogP contribution in [0.5, 0.6) is 0 Å². The Morgan fingerprint density at radius 1 is 0.750 bits per heavy atom. The smallest absolute Gasteiger partial charge is 0.0948 e. The van der Waals surface area contributed by atoms with Crippen molar-refractivity contribution in [1.82, 2.24) is 0 Å². The van der Waals surface area contributed by atoms with Gasteiger partial charge in [-0.1, -0.05) is 7.43 Å². The van der Waals surface area contributed by atoms with Gasteiger partial charge in [0.1, 0.15) is 0 Å². The van der Waals surface area contributed by atoms with Gasteiger partial charge in [0.2, 0.25) is 0 Å². The summed E-state index contributed by atoms with van der Waals surface area (Å²) in [6.45, 7) is 4.42. The standard InChI is InChI=1S/C7H17NO3S.C6H15NO3S.CH4/c1-4-8(2,3)6-5-7-12(9,10)11;1-7(2,3)5-4-6-11(8,9)10;/h4-7H2,1-3H3;4-6H2,1-3H3;1H4. The third-order valence-electron chi connectivity index (χ3n) is 3.24. The molecule has 0 aromatic rings. The van der Waals surface area contributed by atoms with Crippen molar-refractivity contribution in [2.24, 2.45) is 0 Å². The molecule has 0 rings (SSSR count). The third kappa shape index (κ3) is 26.6. The van der Waals surface area contributed by atoms with E-state index >= 15 is 0 Å². The molecule has 0 aromatic carbocycles. The first kappa shape index (κ1) is 28.5. The van der Waals surface area contributed by atoms with Gasteiger partial charge >= 0.3 is 0 Å². The van der Waals surface area contributed by atoms with E-state index < -0.39 is 20.2 Å². The van der Waals surface area contributed by atoms with Crippen molar-refractivity contribution in [1.29, 1.82) is 0 Å². The molecule has 0 N–H and O–H groups in total. The van der Waals surface area contributed by atoms with E-state index in [2.05, 4.69) is 0 Å². The molecule has 0 aromatic heterocycles. The molecule has 0 atom stereocenters. The lowest BCUT2D eigenvalue weighted by Crippen LogP contribution is -2.40. The molecule has 0 aliphatic carbocycles. The van der Waals surface area contributed by atoms with Crippen LogP contribution in [0.1, 0.15) is 27.2 Å². The fourth-order valence-electron chi connectivity index (χ4n) is 1.54. The zero-order valence-electron chi connectivity index (χ0n) is 15.1. The summed E-state index contributed by atoms with van der Waals surface area (Å²) < 4.78 is 62.6. The Labute approximate surface area is 149 Å². The highest BCUT2D eigenvalue weighted by Gasteiger charge is 2.11. The molecule has 8 nitrogen and oxygen atoms in total. The number of quaternary nitrogens is 2. The zero-order valence-corrected chi connectivity index (χ0v) is 16.7. The topological polar surface area (TPSA) is 114 Å². The Balaban J connectivity index is -0.000000354. The molecular weight excluding hydrogens is 356 g/mol. The first-order valence-corrected chi connectivity index (χ1v) is 10.6. The van der Waals surface area contributed by atoms with Gasteiger partial charge in [-0.3, -0.25) is 0 Å². The normalized spacial score (nSPS) is 12.8. The third-order valence-corrected chi connectivity index (χ3v) is 4.81. The fraction of sp³-hybridized carbons (Fsp3) is 1.00. The maximum Gasteiger partial charge on any atom is 0.0948 e. The summed E-state index contributed by atoms with van der Waals surface area (Å²) in [6.07, 6.45) is 0.891. The highest BCUT2D eigenvalue weighted by Crippen LogP contribution is 1.99.